The van der Waals surface area contributed by atoms with Crippen LogP contribution in [-0.4, -0.2) is 49.3 Å². The third-order valence-corrected chi connectivity index (χ3v) is 24.5. The van der Waals surface area contributed by atoms with Crippen LogP contribution in [0.5, 0.6) is 0 Å². The molecular weight excluding hydrogens is 1210 g/mol. The van der Waals surface area contributed by atoms with Gasteiger partial charge in [0.15, 0.2) is 0 Å². The fraction of sp³-hybridized carbons (Fsp3) is 0. The van der Waals surface area contributed by atoms with Crippen molar-refractivity contribution in [2.45, 2.75) is 0 Å². The number of hydrogen-bond acceptors (Lipinski definition) is 6. The number of rotatable bonds is 0. The standard InChI is InChI=1S/C32Cl16N8.ClH.In/c33-9-1-2(10(34)18(42)17(9)41)26-49-25(1)53-27-3-4(12(36)20(44)19(43)11(3)35)29(50-27)55-31-7-8(16(40)24(48)23(47)15(7)39)32(52-31)56-30-6-5(28(51-30)54-26)13(37)21(45)22(46)14(6)38;;/h;1H;/q-2;;+3/p-1. The van der Waals surface area contributed by atoms with Crippen LogP contribution in [0.2, 0.25) is 80.4 Å². The predicted octanol–water partition coefficient (Wildman–Crippen LogP) is 15.6. The van der Waals surface area contributed by atoms with E-state index in [0.29, 0.717) is 0 Å². The van der Waals surface area contributed by atoms with Crippen LogP contribution in [0.25, 0.3) is 21.5 Å². The maximum atomic E-state index is 7.93. The average Bonchev–Trinajstić information content (AvgIpc) is 3.92. The summed E-state index contributed by atoms with van der Waals surface area (Å²) in [6.45, 7) is 0. The fourth-order valence-corrected chi connectivity index (χ4v) is 18.7. The Morgan fingerprint density at radius 2 is 0.534 bits per heavy atom. The Kier molecular flexibility index (Phi) is 10.5. The van der Waals surface area contributed by atoms with Crippen LogP contribution in [0.15, 0.2) is 30.0 Å². The summed E-state index contributed by atoms with van der Waals surface area (Å²) in [4.78, 5) is 29.8. The van der Waals surface area contributed by atoms with Gasteiger partial charge in [-0.1, -0.05) is 0 Å². The minimum atomic E-state index is -4.65. The van der Waals surface area contributed by atoms with Crippen molar-refractivity contribution in [1.82, 2.24) is 5.11 Å². The second-order valence-corrected chi connectivity index (χ2v) is 25.7. The van der Waals surface area contributed by atoms with Crippen LogP contribution in [0, 0.1) is 0 Å². The summed E-state index contributed by atoms with van der Waals surface area (Å²) in [6.07, 6.45) is 0. The molecular formula is C32Cl17InN8. The van der Waals surface area contributed by atoms with Gasteiger partial charge in [0.25, 0.3) is 0 Å². The summed E-state index contributed by atoms with van der Waals surface area (Å²) in [7, 11) is 7.93. The van der Waals surface area contributed by atoms with Crippen molar-refractivity contribution in [3.05, 3.63) is 114 Å². The first-order valence-corrected chi connectivity index (χ1v) is 28.5. The summed E-state index contributed by atoms with van der Waals surface area (Å²) >= 11 is 105. The summed E-state index contributed by atoms with van der Waals surface area (Å²) in [5.74, 6) is -0.0658. The predicted molar refractivity (Wildman–Crippen MR) is 247 cm³/mol. The van der Waals surface area contributed by atoms with E-state index in [9.17, 15) is 0 Å². The monoisotopic (exact) mass is 1210 g/mol. The van der Waals surface area contributed by atoms with Gasteiger partial charge < -0.3 is 0 Å². The van der Waals surface area contributed by atoms with Crippen LogP contribution in [0.3, 0.4) is 0 Å². The molecule has 4 aliphatic heterocycles. The Bertz CT molecular complexity index is 3170. The Morgan fingerprint density at radius 1 is 0.276 bits per heavy atom. The third-order valence-electron chi connectivity index (χ3n) is 9.47. The van der Waals surface area contributed by atoms with Gasteiger partial charge in [-0.2, -0.15) is 0 Å². The molecule has 6 heterocycles. The number of amidine groups is 4. The van der Waals surface area contributed by atoms with Gasteiger partial charge in [0.2, 0.25) is 0 Å². The molecule has 0 fully saturated rings. The second kappa shape index (κ2) is 14.5. The van der Waals surface area contributed by atoms with E-state index in [0.717, 1.165) is 0 Å². The number of aromatic nitrogens is 2. The van der Waals surface area contributed by atoms with Gasteiger partial charge in [0.05, 0.1) is 0 Å². The Balaban J connectivity index is 1.57. The van der Waals surface area contributed by atoms with E-state index < -0.39 is 20.8 Å². The molecule has 0 amide bonds. The number of benzene rings is 4. The minimum absolute atomic E-state index is 0.0400. The first kappa shape index (κ1) is 42.0. The van der Waals surface area contributed by atoms with Crippen molar-refractivity contribution in [2.75, 3.05) is 0 Å². The summed E-state index contributed by atoms with van der Waals surface area (Å²) in [6, 6.07) is 0. The molecule has 0 aliphatic carbocycles. The van der Waals surface area contributed by atoms with Crippen LogP contribution >= 0.6 is 194 Å². The zero-order valence-corrected chi connectivity index (χ0v) is 42.7. The number of nitrogens with zero attached hydrogens (tertiary/aromatic N) is 8. The molecule has 0 unspecified atom stereocenters. The summed E-state index contributed by atoms with van der Waals surface area (Å²) in [5.41, 5.74) is 0.733. The first-order valence-electron chi connectivity index (χ1n) is 15.3. The van der Waals surface area contributed by atoms with E-state index in [1.807, 2.05) is 0 Å². The first-order chi connectivity index (χ1) is 27.4. The van der Waals surface area contributed by atoms with Crippen LogP contribution in [-0.2, 0) is 0 Å². The topological polar surface area (TPSA) is 84.0 Å². The molecule has 0 spiro atoms. The van der Waals surface area contributed by atoms with Crippen molar-refractivity contribution < 1.29 is 0 Å². The van der Waals surface area contributed by atoms with Crippen molar-refractivity contribution in [3.63, 3.8) is 0 Å². The number of aliphatic imine (C=N–C) groups is 4. The van der Waals surface area contributed by atoms with Gasteiger partial charge >= 0.3 is 420 Å². The summed E-state index contributed by atoms with van der Waals surface area (Å²) < 4.78 is 3.24. The van der Waals surface area contributed by atoms with Crippen molar-refractivity contribution in [2.24, 2.45) is 30.0 Å². The van der Waals surface area contributed by atoms with E-state index in [1.165, 1.54) is 0 Å². The molecule has 6 bridgehead atoms. The third kappa shape index (κ3) is 5.48. The zero-order valence-electron chi connectivity index (χ0n) is 26.6. The molecule has 4 aromatic carbocycles. The molecule has 26 heteroatoms. The number of fused-ring (bicyclic) bond motifs is 14. The van der Waals surface area contributed by atoms with Gasteiger partial charge in [0.1, 0.15) is 0 Å². The molecule has 4 aliphatic rings. The van der Waals surface area contributed by atoms with Gasteiger partial charge in [-0.25, -0.2) is 0 Å². The number of halogens is 17. The van der Waals surface area contributed by atoms with Crippen molar-refractivity contribution in [3.8, 4) is 0 Å². The van der Waals surface area contributed by atoms with Gasteiger partial charge in [-0.05, 0) is 0 Å². The van der Waals surface area contributed by atoms with Gasteiger partial charge in [-0.3, -0.25) is 0 Å². The molecule has 290 valence electrons. The Labute approximate surface area is 414 Å². The quantitative estimate of drug-likeness (QED) is 0.107. The Hall–Kier alpha value is 0.0401. The maximum absolute atomic E-state index is 7.93. The van der Waals surface area contributed by atoms with E-state index >= 15 is 0 Å². The molecule has 8 nitrogen and oxygen atoms in total. The fourth-order valence-electron chi connectivity index (χ4n) is 7.00. The molecule has 0 saturated carbocycles. The van der Waals surface area contributed by atoms with E-state index in [2.05, 4.69) is 0 Å². The second-order valence-electron chi connectivity index (χ2n) is 12.3. The molecule has 6 aromatic rings. The van der Waals surface area contributed by atoms with E-state index in [1.54, 1.807) is 5.11 Å². The van der Waals surface area contributed by atoms with Gasteiger partial charge in [0, 0.05) is 0 Å². The van der Waals surface area contributed by atoms with Crippen LogP contribution in [0.1, 0.15) is 22.3 Å². The van der Waals surface area contributed by atoms with Crippen LogP contribution in [0.4, 0.5) is 11.6 Å². The SMILES string of the molecule is Clc1c(Cl)c(Cl)c2c(c1Cl)C1=NC2=Nc2c3c(Cl)c(Cl)c(Cl)c(Cl)c3c3[n]2[In]([Cl])[n]2c(c4c(Cl)c(Cl)c(Cl)c(Cl)c4c2=NC2=NC(=N3)c3c(Cl)c(Cl)c(Cl)c(Cl)c32)=N1. The molecule has 0 saturated heterocycles. The van der Waals surface area contributed by atoms with E-state index in [-0.39, 0.29) is 170 Å². The molecule has 0 N–H and O–H groups in total. The number of hydrogen-bond donors (Lipinski definition) is 0. The van der Waals surface area contributed by atoms with Crippen LogP contribution < -0.4 is 11.0 Å². The van der Waals surface area contributed by atoms with Crippen molar-refractivity contribution in [1.29, 1.82) is 0 Å². The normalized spacial score (nSPS) is 14.9. The molecule has 2 aromatic heterocycles. The Morgan fingerprint density at radius 3 is 0.845 bits per heavy atom. The molecule has 0 radical (unpaired) electrons. The molecule has 0 atom stereocenters. The average molecular weight is 1210 g/mol. The van der Waals surface area contributed by atoms with E-state index in [4.69, 9.17) is 224 Å². The summed E-state index contributed by atoms with van der Waals surface area (Å²) in [5, 5.41) is -0.611. The zero-order chi connectivity index (χ0) is 41.4. The molecule has 10 rings (SSSR count). The van der Waals surface area contributed by atoms with Gasteiger partial charge in [-0.15, -0.1) is 0 Å². The van der Waals surface area contributed by atoms with Crippen molar-refractivity contribution >= 4 is 272 Å². The molecule has 58 heavy (non-hydrogen) atoms.